The third-order valence-electron chi connectivity index (χ3n) is 4.62. The lowest BCUT2D eigenvalue weighted by Gasteiger charge is -2.20. The molecule has 0 bridgehead atoms. The van der Waals surface area contributed by atoms with Crippen LogP contribution in [-0.4, -0.2) is 34.6 Å². The lowest BCUT2D eigenvalue weighted by molar-refractivity contribution is -0.137. The number of carbonyl (C=O) groups is 1. The predicted molar refractivity (Wildman–Crippen MR) is 103 cm³/mol. The third-order valence-corrected chi connectivity index (χ3v) is 4.62. The number of aromatic amines is 1. The Balaban J connectivity index is 1.93. The maximum Gasteiger partial charge on any atom is 0.416 e. The van der Waals surface area contributed by atoms with Crippen molar-refractivity contribution < 1.29 is 18.0 Å². The summed E-state index contributed by atoms with van der Waals surface area (Å²) in [6.45, 7) is 3.44. The van der Waals surface area contributed by atoms with Crippen LogP contribution in [0.2, 0.25) is 0 Å². The maximum absolute atomic E-state index is 13.1. The van der Waals surface area contributed by atoms with Gasteiger partial charge in [0.05, 0.1) is 23.4 Å². The minimum Gasteiger partial charge on any atom is -0.376 e. The van der Waals surface area contributed by atoms with Crippen LogP contribution >= 0.6 is 0 Å². The SMILES string of the molecule is Cc1nc2cc(=O)[nH]n2c(C)c1CC(=O)Nc1cc(C(F)(F)F)ccc1N(C)C. The molecule has 2 N–H and O–H groups in total. The quantitative estimate of drug-likeness (QED) is 0.697. The minimum absolute atomic E-state index is 0.0635. The summed E-state index contributed by atoms with van der Waals surface area (Å²) in [5.41, 5.74) is 1.55. The molecule has 3 rings (SSSR count). The normalized spacial score (nSPS) is 11.7. The monoisotopic (exact) mass is 407 g/mol. The number of anilines is 2. The molecule has 7 nitrogen and oxygen atoms in total. The number of amides is 1. The van der Waals surface area contributed by atoms with E-state index >= 15 is 0 Å². The molecule has 29 heavy (non-hydrogen) atoms. The molecule has 0 saturated carbocycles. The Labute approximate surface area is 164 Å². The van der Waals surface area contributed by atoms with E-state index in [1.807, 2.05) is 0 Å². The van der Waals surface area contributed by atoms with E-state index in [-0.39, 0.29) is 17.7 Å². The average molecular weight is 407 g/mol. The van der Waals surface area contributed by atoms with Gasteiger partial charge in [-0.15, -0.1) is 0 Å². The van der Waals surface area contributed by atoms with E-state index in [0.717, 1.165) is 12.1 Å². The van der Waals surface area contributed by atoms with E-state index < -0.39 is 17.6 Å². The minimum atomic E-state index is -4.52. The number of nitrogens with one attached hydrogen (secondary N) is 2. The fraction of sp³-hybridized carbons (Fsp3) is 0.316. The van der Waals surface area contributed by atoms with Crippen LogP contribution in [0.15, 0.2) is 29.1 Å². The summed E-state index contributed by atoms with van der Waals surface area (Å²) in [6, 6.07) is 4.54. The predicted octanol–water partition coefficient (Wildman–Crippen LogP) is 2.91. The van der Waals surface area contributed by atoms with Crippen LogP contribution in [0.1, 0.15) is 22.5 Å². The van der Waals surface area contributed by atoms with Crippen molar-refractivity contribution in [1.82, 2.24) is 14.6 Å². The largest absolute Gasteiger partial charge is 0.416 e. The first-order valence-corrected chi connectivity index (χ1v) is 8.73. The van der Waals surface area contributed by atoms with Gasteiger partial charge in [-0.1, -0.05) is 0 Å². The summed E-state index contributed by atoms with van der Waals surface area (Å²) in [5.74, 6) is -0.491. The van der Waals surface area contributed by atoms with Gasteiger partial charge in [-0.2, -0.15) is 13.2 Å². The summed E-state index contributed by atoms with van der Waals surface area (Å²) in [4.78, 5) is 30.1. The van der Waals surface area contributed by atoms with Crippen molar-refractivity contribution in [1.29, 1.82) is 0 Å². The van der Waals surface area contributed by atoms with Gasteiger partial charge in [-0.25, -0.2) is 9.50 Å². The molecular formula is C19H20F3N5O2. The molecule has 0 aliphatic heterocycles. The van der Waals surface area contributed by atoms with Crippen LogP contribution in [0, 0.1) is 13.8 Å². The average Bonchev–Trinajstić information content (AvgIpc) is 2.98. The number of alkyl halides is 3. The number of aromatic nitrogens is 3. The van der Waals surface area contributed by atoms with E-state index in [1.54, 1.807) is 32.8 Å². The Morgan fingerprint density at radius 1 is 1.24 bits per heavy atom. The zero-order valence-corrected chi connectivity index (χ0v) is 16.3. The van der Waals surface area contributed by atoms with Gasteiger partial charge < -0.3 is 10.2 Å². The molecule has 0 radical (unpaired) electrons. The maximum atomic E-state index is 13.1. The van der Waals surface area contributed by atoms with E-state index in [9.17, 15) is 22.8 Å². The number of benzene rings is 1. The van der Waals surface area contributed by atoms with Gasteiger partial charge in [-0.3, -0.25) is 14.7 Å². The Hall–Kier alpha value is -3.30. The third kappa shape index (κ3) is 4.10. The number of nitrogens with zero attached hydrogens (tertiary/aromatic N) is 3. The van der Waals surface area contributed by atoms with Gasteiger partial charge in [0.2, 0.25) is 5.91 Å². The number of halogens is 3. The van der Waals surface area contributed by atoms with Crippen LogP contribution in [0.4, 0.5) is 24.5 Å². The van der Waals surface area contributed by atoms with Crippen LogP contribution < -0.4 is 15.8 Å². The number of rotatable bonds is 4. The zero-order chi connectivity index (χ0) is 21.5. The molecule has 3 aromatic rings. The standard InChI is InChI=1S/C19H20F3N5O2/c1-10-13(11(2)27-16(23-10)9-18(29)25-27)8-17(28)24-14-7-12(19(20,21)22)5-6-15(14)26(3)4/h5-7,9H,8H2,1-4H3,(H,24,28)(H,25,29). The number of aryl methyl sites for hydroxylation is 2. The van der Waals surface area contributed by atoms with Crippen molar-refractivity contribution in [2.24, 2.45) is 0 Å². The Kier molecular flexibility index (Phi) is 5.12. The van der Waals surface area contributed by atoms with Gasteiger partial charge in [0.15, 0.2) is 5.65 Å². The molecule has 0 unspecified atom stereocenters. The molecule has 2 aromatic heterocycles. The van der Waals surface area contributed by atoms with Gasteiger partial charge >= 0.3 is 6.18 Å². The molecule has 0 saturated heterocycles. The fourth-order valence-electron chi connectivity index (χ4n) is 3.17. The molecule has 0 atom stereocenters. The highest BCUT2D eigenvalue weighted by Gasteiger charge is 2.31. The van der Waals surface area contributed by atoms with Crippen LogP contribution in [0.5, 0.6) is 0 Å². The number of hydrogen-bond donors (Lipinski definition) is 2. The number of hydrogen-bond acceptors (Lipinski definition) is 4. The summed E-state index contributed by atoms with van der Waals surface area (Å²) < 4.78 is 40.7. The van der Waals surface area contributed by atoms with Crippen molar-refractivity contribution in [3.63, 3.8) is 0 Å². The van der Waals surface area contributed by atoms with Gasteiger partial charge in [-0.05, 0) is 32.0 Å². The van der Waals surface area contributed by atoms with Crippen molar-refractivity contribution in [3.05, 3.63) is 57.1 Å². The van der Waals surface area contributed by atoms with E-state index in [0.29, 0.717) is 28.3 Å². The van der Waals surface area contributed by atoms with E-state index in [2.05, 4.69) is 15.4 Å². The topological polar surface area (TPSA) is 82.5 Å². The molecule has 0 fully saturated rings. The lowest BCUT2D eigenvalue weighted by Crippen LogP contribution is -2.21. The molecule has 2 heterocycles. The first-order chi connectivity index (χ1) is 13.5. The smallest absolute Gasteiger partial charge is 0.376 e. The highest BCUT2D eigenvalue weighted by Crippen LogP contribution is 2.35. The number of carbonyl (C=O) groups excluding carboxylic acids is 1. The molecule has 0 aliphatic rings. The summed E-state index contributed by atoms with van der Waals surface area (Å²) in [5, 5.41) is 5.17. The summed E-state index contributed by atoms with van der Waals surface area (Å²) in [7, 11) is 3.35. The second-order valence-corrected chi connectivity index (χ2v) is 6.92. The molecule has 0 spiro atoms. The molecule has 154 valence electrons. The second-order valence-electron chi connectivity index (χ2n) is 6.92. The Morgan fingerprint density at radius 2 is 1.93 bits per heavy atom. The molecule has 1 aromatic carbocycles. The lowest BCUT2D eigenvalue weighted by atomic mass is 10.1. The summed E-state index contributed by atoms with van der Waals surface area (Å²) >= 11 is 0. The van der Waals surface area contributed by atoms with E-state index in [1.165, 1.54) is 16.6 Å². The van der Waals surface area contributed by atoms with Crippen molar-refractivity contribution in [2.75, 3.05) is 24.3 Å². The van der Waals surface area contributed by atoms with Gasteiger partial charge in [0.1, 0.15) is 0 Å². The van der Waals surface area contributed by atoms with Crippen molar-refractivity contribution in [2.45, 2.75) is 26.4 Å². The van der Waals surface area contributed by atoms with Crippen molar-refractivity contribution in [3.8, 4) is 0 Å². The van der Waals surface area contributed by atoms with Gasteiger partial charge in [0.25, 0.3) is 5.56 Å². The molecule has 10 heteroatoms. The highest BCUT2D eigenvalue weighted by atomic mass is 19.4. The van der Waals surface area contributed by atoms with Gasteiger partial charge in [0, 0.05) is 37.1 Å². The number of fused-ring (bicyclic) bond motifs is 1. The number of H-pyrrole nitrogens is 1. The molecule has 0 aliphatic carbocycles. The van der Waals surface area contributed by atoms with E-state index in [4.69, 9.17) is 0 Å². The van der Waals surface area contributed by atoms with Crippen LogP contribution in [0.25, 0.3) is 5.65 Å². The Bertz CT molecular complexity index is 1150. The fourth-order valence-corrected chi connectivity index (χ4v) is 3.17. The first kappa shape index (κ1) is 20.4. The molecular weight excluding hydrogens is 387 g/mol. The second kappa shape index (κ2) is 7.26. The first-order valence-electron chi connectivity index (χ1n) is 8.73. The van der Waals surface area contributed by atoms with Crippen LogP contribution in [-0.2, 0) is 17.4 Å². The van der Waals surface area contributed by atoms with Crippen LogP contribution in [0.3, 0.4) is 0 Å². The Morgan fingerprint density at radius 3 is 2.55 bits per heavy atom. The zero-order valence-electron chi connectivity index (χ0n) is 16.3. The molecule has 1 amide bonds. The summed E-state index contributed by atoms with van der Waals surface area (Å²) in [6.07, 6.45) is -4.63. The van der Waals surface area contributed by atoms with Crippen molar-refractivity contribution >= 4 is 22.9 Å². The highest BCUT2D eigenvalue weighted by molar-refractivity contribution is 5.96.